The molecule has 3 rings (SSSR count). The lowest BCUT2D eigenvalue weighted by atomic mass is 9.96. The maximum Gasteiger partial charge on any atom is 0.316 e. The van der Waals surface area contributed by atoms with Crippen LogP contribution in [0.25, 0.3) is 0 Å². The average Bonchev–Trinajstić information content (AvgIpc) is 3.66. The second-order valence-corrected chi connectivity index (χ2v) is 12.0. The molecule has 192 valence electrons. The normalized spacial score (nSPS) is 15.2. The highest BCUT2D eigenvalue weighted by Crippen LogP contribution is 2.49. The SMILES string of the molecule is CCC(C(=O)OC)c1ccc(S(C)(=O)=O)cc1.CNS(=O)(=O)c1ccc(C2(C(=O)OC)CC2)cc1. The van der Waals surface area contributed by atoms with Crippen molar-refractivity contribution in [2.24, 2.45) is 0 Å². The van der Waals surface area contributed by atoms with Gasteiger partial charge in [-0.2, -0.15) is 0 Å². The minimum Gasteiger partial charge on any atom is -0.469 e. The molecule has 11 heteroatoms. The van der Waals surface area contributed by atoms with Crippen molar-refractivity contribution < 1.29 is 35.9 Å². The van der Waals surface area contributed by atoms with Crippen LogP contribution in [0.15, 0.2) is 58.3 Å². The van der Waals surface area contributed by atoms with Crippen molar-refractivity contribution in [3.05, 3.63) is 59.7 Å². The fourth-order valence-corrected chi connectivity index (χ4v) is 4.99. The van der Waals surface area contributed by atoms with E-state index in [2.05, 4.69) is 4.72 Å². The summed E-state index contributed by atoms with van der Waals surface area (Å²) in [5.74, 6) is -0.903. The minimum absolute atomic E-state index is 0.189. The van der Waals surface area contributed by atoms with Crippen LogP contribution in [0.3, 0.4) is 0 Å². The number of nitrogens with one attached hydrogen (secondary N) is 1. The van der Waals surface area contributed by atoms with Gasteiger partial charge in [-0.15, -0.1) is 0 Å². The molecule has 1 N–H and O–H groups in total. The van der Waals surface area contributed by atoms with Crippen LogP contribution < -0.4 is 4.72 Å². The molecular formula is C24H31NO8S2. The van der Waals surface area contributed by atoms with Gasteiger partial charge in [-0.1, -0.05) is 31.2 Å². The van der Waals surface area contributed by atoms with Crippen LogP contribution in [-0.4, -0.2) is 56.3 Å². The van der Waals surface area contributed by atoms with Crippen LogP contribution >= 0.6 is 0 Å². The van der Waals surface area contributed by atoms with Gasteiger partial charge in [-0.05, 0) is 61.7 Å². The summed E-state index contributed by atoms with van der Waals surface area (Å²) in [6.07, 6.45) is 3.26. The van der Waals surface area contributed by atoms with E-state index in [-0.39, 0.29) is 27.6 Å². The van der Waals surface area contributed by atoms with Crippen LogP contribution in [0.1, 0.15) is 43.2 Å². The zero-order valence-electron chi connectivity index (χ0n) is 20.4. The Hall–Kier alpha value is -2.76. The summed E-state index contributed by atoms with van der Waals surface area (Å²) in [6.45, 7) is 1.88. The standard InChI is InChI=1S/C12H15NO4S.C12H16O4S/c1-13-18(15,16)10-5-3-9(4-6-10)12(7-8-12)11(14)17-2;1-4-11(12(13)16-2)9-5-7-10(8-6-9)17(3,14)15/h3-6,13H,7-8H2,1-2H3;5-8,11H,4H2,1-3H3. The van der Waals surface area contributed by atoms with Crippen molar-refractivity contribution in [2.75, 3.05) is 27.5 Å². The molecule has 1 atom stereocenters. The monoisotopic (exact) mass is 525 g/mol. The number of benzene rings is 2. The topological polar surface area (TPSA) is 133 Å². The van der Waals surface area contributed by atoms with Crippen molar-refractivity contribution in [2.45, 2.75) is 47.3 Å². The zero-order valence-corrected chi connectivity index (χ0v) is 22.0. The van der Waals surface area contributed by atoms with Gasteiger partial charge in [0.2, 0.25) is 10.0 Å². The molecule has 1 aliphatic carbocycles. The first kappa shape index (κ1) is 28.5. The number of carbonyl (C=O) groups is 2. The number of esters is 2. The van der Waals surface area contributed by atoms with Crippen molar-refractivity contribution in [3.63, 3.8) is 0 Å². The molecule has 1 fully saturated rings. The Kier molecular flexibility index (Phi) is 9.21. The Morgan fingerprint density at radius 1 is 0.914 bits per heavy atom. The molecule has 35 heavy (non-hydrogen) atoms. The Morgan fingerprint density at radius 3 is 1.80 bits per heavy atom. The van der Waals surface area contributed by atoms with E-state index in [4.69, 9.17) is 9.47 Å². The molecule has 0 aliphatic heterocycles. The summed E-state index contributed by atoms with van der Waals surface area (Å²) in [5.41, 5.74) is 1.02. The first-order chi connectivity index (χ1) is 16.4. The third-order valence-electron chi connectivity index (χ3n) is 5.92. The highest BCUT2D eigenvalue weighted by molar-refractivity contribution is 7.90. The maximum atomic E-state index is 11.7. The fourth-order valence-electron chi connectivity index (χ4n) is 3.63. The van der Waals surface area contributed by atoms with Gasteiger partial charge in [-0.25, -0.2) is 21.6 Å². The number of sulfonamides is 1. The minimum atomic E-state index is -3.43. The number of rotatable bonds is 8. The highest BCUT2D eigenvalue weighted by atomic mass is 32.2. The van der Waals surface area contributed by atoms with Crippen LogP contribution in [-0.2, 0) is 44.3 Å². The third-order valence-corrected chi connectivity index (χ3v) is 8.48. The molecular weight excluding hydrogens is 494 g/mol. The molecule has 0 aromatic heterocycles. The summed E-state index contributed by atoms with van der Waals surface area (Å²) in [4.78, 5) is 23.6. The molecule has 2 aromatic rings. The predicted octanol–water partition coefficient (Wildman–Crippen LogP) is 2.56. The summed E-state index contributed by atoms with van der Waals surface area (Å²) >= 11 is 0. The second-order valence-electron chi connectivity index (χ2n) is 8.13. The van der Waals surface area contributed by atoms with Gasteiger partial charge in [0.15, 0.2) is 9.84 Å². The number of methoxy groups -OCH3 is 2. The molecule has 0 spiro atoms. The summed E-state index contributed by atoms with van der Waals surface area (Å²) in [5, 5.41) is 0. The van der Waals surface area contributed by atoms with Gasteiger partial charge in [0.1, 0.15) is 0 Å². The smallest absolute Gasteiger partial charge is 0.316 e. The lowest BCUT2D eigenvalue weighted by Crippen LogP contribution is -2.22. The third kappa shape index (κ3) is 6.68. The molecule has 2 aromatic carbocycles. The van der Waals surface area contributed by atoms with E-state index in [1.165, 1.54) is 45.5 Å². The van der Waals surface area contributed by atoms with E-state index in [0.29, 0.717) is 6.42 Å². The number of ether oxygens (including phenoxy) is 2. The van der Waals surface area contributed by atoms with Gasteiger partial charge < -0.3 is 9.47 Å². The van der Waals surface area contributed by atoms with Gasteiger partial charge in [0.25, 0.3) is 0 Å². The molecule has 9 nitrogen and oxygen atoms in total. The highest BCUT2D eigenvalue weighted by Gasteiger charge is 2.52. The van der Waals surface area contributed by atoms with Crippen molar-refractivity contribution in [1.82, 2.24) is 4.72 Å². The number of hydrogen-bond donors (Lipinski definition) is 1. The molecule has 1 aliphatic rings. The fraction of sp³-hybridized carbons (Fsp3) is 0.417. The predicted molar refractivity (Wildman–Crippen MR) is 130 cm³/mol. The molecule has 1 unspecified atom stereocenters. The van der Waals surface area contributed by atoms with E-state index in [0.717, 1.165) is 30.2 Å². The number of sulfone groups is 1. The Balaban J connectivity index is 0.000000247. The van der Waals surface area contributed by atoms with Crippen LogP contribution in [0.4, 0.5) is 0 Å². The van der Waals surface area contributed by atoms with E-state index < -0.39 is 25.3 Å². The molecule has 0 bridgehead atoms. The van der Waals surface area contributed by atoms with Crippen LogP contribution in [0, 0.1) is 0 Å². The van der Waals surface area contributed by atoms with Gasteiger partial charge >= 0.3 is 11.9 Å². The van der Waals surface area contributed by atoms with Crippen molar-refractivity contribution in [1.29, 1.82) is 0 Å². The van der Waals surface area contributed by atoms with Gasteiger partial charge in [0, 0.05) is 6.26 Å². The van der Waals surface area contributed by atoms with E-state index >= 15 is 0 Å². The van der Waals surface area contributed by atoms with Gasteiger partial charge in [0.05, 0.1) is 35.3 Å². The summed E-state index contributed by atoms with van der Waals surface area (Å²) in [7, 11) is -2.56. The van der Waals surface area contributed by atoms with Gasteiger partial charge in [-0.3, -0.25) is 9.59 Å². The molecule has 0 radical (unpaired) electrons. The van der Waals surface area contributed by atoms with Crippen LogP contribution in [0.5, 0.6) is 0 Å². The summed E-state index contributed by atoms with van der Waals surface area (Å²) < 4.78 is 57.4. The van der Waals surface area contributed by atoms with E-state index in [1.54, 1.807) is 24.3 Å². The zero-order chi connectivity index (χ0) is 26.4. The Labute approximate surface area is 206 Å². The Morgan fingerprint density at radius 2 is 1.43 bits per heavy atom. The Bertz CT molecular complexity index is 1250. The lowest BCUT2D eigenvalue weighted by molar-refractivity contribution is -0.144. The lowest BCUT2D eigenvalue weighted by Gasteiger charge is -2.13. The molecule has 1 saturated carbocycles. The largest absolute Gasteiger partial charge is 0.469 e. The van der Waals surface area contributed by atoms with E-state index in [1.807, 2.05) is 6.92 Å². The summed E-state index contributed by atoms with van der Waals surface area (Å²) in [6, 6.07) is 12.7. The van der Waals surface area contributed by atoms with Crippen LogP contribution in [0.2, 0.25) is 0 Å². The maximum absolute atomic E-state index is 11.7. The molecule has 0 heterocycles. The molecule has 0 saturated heterocycles. The van der Waals surface area contributed by atoms with E-state index in [9.17, 15) is 26.4 Å². The first-order valence-electron chi connectivity index (χ1n) is 10.9. The second kappa shape index (κ2) is 11.3. The van der Waals surface area contributed by atoms with Crippen molar-refractivity contribution in [3.8, 4) is 0 Å². The molecule has 0 amide bonds. The quantitative estimate of drug-likeness (QED) is 0.520. The number of carbonyl (C=O) groups excluding carboxylic acids is 2. The first-order valence-corrected chi connectivity index (χ1v) is 14.2. The average molecular weight is 526 g/mol. The van der Waals surface area contributed by atoms with Crippen molar-refractivity contribution >= 4 is 31.8 Å². The number of hydrogen-bond acceptors (Lipinski definition) is 8.